The zero-order valence-electron chi connectivity index (χ0n) is 5.70. The molecule has 0 bridgehead atoms. The van der Waals surface area contributed by atoms with Gasteiger partial charge in [-0.05, 0) is 6.42 Å². The number of hydrogen-bond donors (Lipinski definition) is 3. The molecule has 4 heteroatoms. The van der Waals surface area contributed by atoms with E-state index >= 15 is 0 Å². The fraction of sp³-hybridized carbons (Fsp3) is 1.00. The van der Waals surface area contributed by atoms with Crippen molar-refractivity contribution in [2.45, 2.75) is 25.0 Å². The van der Waals surface area contributed by atoms with Crippen LogP contribution in [-0.4, -0.2) is 39.5 Å². The number of halogens is 1. The van der Waals surface area contributed by atoms with E-state index in [1.54, 1.807) is 0 Å². The molecule has 0 amide bonds. The quantitative estimate of drug-likeness (QED) is 0.558. The van der Waals surface area contributed by atoms with Crippen LogP contribution in [0.4, 0.5) is 0 Å². The monoisotopic (exact) mass is 212 g/mol. The number of aliphatic hydroxyl groups excluding tert-OH is 3. The van der Waals surface area contributed by atoms with E-state index in [-0.39, 0.29) is 6.61 Å². The van der Waals surface area contributed by atoms with Gasteiger partial charge in [0.05, 0.1) is 12.2 Å². The minimum absolute atomic E-state index is 0.0316. The Kier molecular flexibility index (Phi) is 6.31. The van der Waals surface area contributed by atoms with Crippen LogP contribution in [0.25, 0.3) is 0 Å². The predicted molar refractivity (Wildman–Crippen MR) is 42.1 cm³/mol. The SMILES string of the molecule is OCC[C@@H](O)C[C@H](O)CBr. The van der Waals surface area contributed by atoms with Crippen molar-refractivity contribution >= 4 is 15.9 Å². The van der Waals surface area contributed by atoms with Crippen molar-refractivity contribution in [2.24, 2.45) is 0 Å². The van der Waals surface area contributed by atoms with Crippen molar-refractivity contribution in [2.75, 3.05) is 11.9 Å². The van der Waals surface area contributed by atoms with E-state index in [1.807, 2.05) is 0 Å². The van der Waals surface area contributed by atoms with E-state index in [0.717, 1.165) is 0 Å². The Morgan fingerprint density at radius 2 is 1.80 bits per heavy atom. The summed E-state index contributed by atoms with van der Waals surface area (Å²) in [5, 5.41) is 26.8. The lowest BCUT2D eigenvalue weighted by Gasteiger charge is -2.11. The van der Waals surface area contributed by atoms with E-state index in [0.29, 0.717) is 18.2 Å². The highest BCUT2D eigenvalue weighted by Gasteiger charge is 2.09. The second kappa shape index (κ2) is 6.09. The largest absolute Gasteiger partial charge is 0.396 e. The lowest BCUT2D eigenvalue weighted by Crippen LogP contribution is -2.19. The maximum atomic E-state index is 9.01. The first kappa shape index (κ1) is 10.4. The highest BCUT2D eigenvalue weighted by Crippen LogP contribution is 2.03. The molecule has 0 saturated heterocycles. The number of hydrogen-bond acceptors (Lipinski definition) is 3. The summed E-state index contributed by atoms with van der Waals surface area (Å²) in [6.07, 6.45) is -0.435. The fourth-order valence-corrected chi connectivity index (χ4v) is 0.908. The van der Waals surface area contributed by atoms with Crippen LogP contribution in [0.5, 0.6) is 0 Å². The summed E-state index contributed by atoms with van der Waals surface area (Å²) in [6, 6.07) is 0. The molecule has 0 rings (SSSR count). The van der Waals surface area contributed by atoms with Crippen molar-refractivity contribution < 1.29 is 15.3 Å². The third kappa shape index (κ3) is 5.17. The third-order valence-electron chi connectivity index (χ3n) is 1.18. The van der Waals surface area contributed by atoms with Gasteiger partial charge in [0.2, 0.25) is 0 Å². The fourth-order valence-electron chi connectivity index (χ4n) is 0.644. The Balaban J connectivity index is 3.27. The molecule has 0 fully saturated rings. The molecule has 3 N–H and O–H groups in total. The summed E-state index contributed by atoms with van der Waals surface area (Å²) in [6.45, 7) is -0.0316. The number of aliphatic hydroxyl groups is 3. The lowest BCUT2D eigenvalue weighted by molar-refractivity contribution is 0.0745. The van der Waals surface area contributed by atoms with Gasteiger partial charge < -0.3 is 15.3 Å². The summed E-state index contributed by atoms with van der Waals surface area (Å²) in [4.78, 5) is 0. The van der Waals surface area contributed by atoms with Gasteiger partial charge in [0.15, 0.2) is 0 Å². The molecule has 0 aliphatic carbocycles. The highest BCUT2D eigenvalue weighted by molar-refractivity contribution is 9.09. The maximum absolute atomic E-state index is 9.01. The highest BCUT2D eigenvalue weighted by atomic mass is 79.9. The van der Waals surface area contributed by atoms with Gasteiger partial charge in [-0.1, -0.05) is 15.9 Å². The summed E-state index contributed by atoms with van der Waals surface area (Å²) < 4.78 is 0. The Labute approximate surface area is 68.8 Å². The van der Waals surface area contributed by atoms with Gasteiger partial charge >= 0.3 is 0 Å². The third-order valence-corrected chi connectivity index (χ3v) is 1.93. The van der Waals surface area contributed by atoms with Gasteiger partial charge in [0.25, 0.3) is 0 Å². The minimum atomic E-state index is -0.586. The average Bonchev–Trinajstić information content (AvgIpc) is 1.88. The smallest absolute Gasteiger partial charge is 0.0661 e. The molecule has 10 heavy (non-hydrogen) atoms. The van der Waals surface area contributed by atoms with Crippen LogP contribution < -0.4 is 0 Å². The first-order valence-corrected chi connectivity index (χ1v) is 4.35. The first-order valence-electron chi connectivity index (χ1n) is 3.23. The Morgan fingerprint density at radius 3 is 2.20 bits per heavy atom. The van der Waals surface area contributed by atoms with Crippen LogP contribution in [-0.2, 0) is 0 Å². The van der Waals surface area contributed by atoms with Gasteiger partial charge in [-0.2, -0.15) is 0 Å². The van der Waals surface area contributed by atoms with E-state index < -0.39 is 12.2 Å². The van der Waals surface area contributed by atoms with Gasteiger partial charge in [-0.25, -0.2) is 0 Å². The van der Waals surface area contributed by atoms with E-state index in [2.05, 4.69) is 15.9 Å². The first-order chi connectivity index (χ1) is 4.70. The Hall–Kier alpha value is 0.360. The van der Waals surface area contributed by atoms with Crippen LogP contribution in [0.2, 0.25) is 0 Å². The van der Waals surface area contributed by atoms with Crippen LogP contribution >= 0.6 is 15.9 Å². The van der Waals surface area contributed by atoms with Crippen molar-refractivity contribution in [3.8, 4) is 0 Å². The zero-order valence-corrected chi connectivity index (χ0v) is 7.29. The summed E-state index contributed by atoms with van der Waals surface area (Å²) >= 11 is 3.07. The second-order valence-corrected chi connectivity index (χ2v) is 2.86. The topological polar surface area (TPSA) is 60.7 Å². The second-order valence-electron chi connectivity index (χ2n) is 2.21. The zero-order chi connectivity index (χ0) is 7.98. The molecule has 0 aromatic carbocycles. The predicted octanol–water partition coefficient (Wildman–Crippen LogP) is -0.124. The van der Waals surface area contributed by atoms with E-state index in [9.17, 15) is 0 Å². The van der Waals surface area contributed by atoms with Crippen molar-refractivity contribution in [1.82, 2.24) is 0 Å². The molecule has 0 radical (unpaired) electrons. The van der Waals surface area contributed by atoms with Crippen molar-refractivity contribution in [3.63, 3.8) is 0 Å². The molecule has 0 aromatic rings. The Morgan fingerprint density at radius 1 is 1.20 bits per heavy atom. The van der Waals surface area contributed by atoms with Gasteiger partial charge in [0.1, 0.15) is 0 Å². The molecule has 0 aliphatic rings. The van der Waals surface area contributed by atoms with Crippen molar-refractivity contribution in [3.05, 3.63) is 0 Å². The number of rotatable bonds is 5. The summed E-state index contributed by atoms with van der Waals surface area (Å²) in [7, 11) is 0. The Bertz CT molecular complexity index is 79.4. The van der Waals surface area contributed by atoms with Gasteiger partial charge in [0, 0.05) is 18.4 Å². The van der Waals surface area contributed by atoms with Crippen LogP contribution in [0.15, 0.2) is 0 Å². The molecule has 0 spiro atoms. The molecule has 0 unspecified atom stereocenters. The molecule has 3 nitrogen and oxygen atoms in total. The molecule has 2 atom stereocenters. The molecule has 0 aliphatic heterocycles. The summed E-state index contributed by atoms with van der Waals surface area (Å²) in [5.41, 5.74) is 0. The normalized spacial score (nSPS) is 16.8. The molecular weight excluding hydrogens is 200 g/mol. The standard InChI is InChI=1S/C6H13BrO3/c7-4-6(10)3-5(9)1-2-8/h5-6,8-10H,1-4H2/t5-,6+/m1/s1. The van der Waals surface area contributed by atoms with E-state index in [4.69, 9.17) is 15.3 Å². The van der Waals surface area contributed by atoms with Crippen LogP contribution in [0.3, 0.4) is 0 Å². The molecule has 0 saturated carbocycles. The maximum Gasteiger partial charge on any atom is 0.0661 e. The van der Waals surface area contributed by atoms with Gasteiger partial charge in [-0.15, -0.1) is 0 Å². The average molecular weight is 213 g/mol. The minimum Gasteiger partial charge on any atom is -0.396 e. The lowest BCUT2D eigenvalue weighted by atomic mass is 10.1. The molecule has 0 heterocycles. The molecule has 62 valence electrons. The summed E-state index contributed by atoms with van der Waals surface area (Å²) in [5.74, 6) is 0. The van der Waals surface area contributed by atoms with Crippen molar-refractivity contribution in [1.29, 1.82) is 0 Å². The van der Waals surface area contributed by atoms with Gasteiger partial charge in [-0.3, -0.25) is 0 Å². The molecular formula is C6H13BrO3. The van der Waals surface area contributed by atoms with E-state index in [1.165, 1.54) is 0 Å². The van der Waals surface area contributed by atoms with Crippen LogP contribution in [0.1, 0.15) is 12.8 Å². The number of alkyl halides is 1. The van der Waals surface area contributed by atoms with Crippen LogP contribution in [0, 0.1) is 0 Å². The molecule has 0 aromatic heterocycles.